The Hall–Kier alpha value is -2.50. The number of ether oxygens (including phenoxy) is 1. The Morgan fingerprint density at radius 3 is 2.65 bits per heavy atom. The third kappa shape index (κ3) is 4.89. The predicted octanol–water partition coefficient (Wildman–Crippen LogP) is 3.55. The van der Waals surface area contributed by atoms with Crippen molar-refractivity contribution in [1.29, 1.82) is 0 Å². The van der Waals surface area contributed by atoms with Crippen molar-refractivity contribution < 1.29 is 28.1 Å². The van der Waals surface area contributed by atoms with E-state index in [-0.39, 0.29) is 18.3 Å². The maximum Gasteiger partial charge on any atom is 0.422 e. The SMILES string of the molecule is Cc1nc(OCC(F)(F)F)nc(N[C@@H]2C[C@H](CO)C[C@H]2O)c1-c1nc2ccccc2s1. The summed E-state index contributed by atoms with van der Waals surface area (Å²) in [6, 6.07) is 6.72. The summed E-state index contributed by atoms with van der Waals surface area (Å²) in [4.78, 5) is 12.9. The van der Waals surface area contributed by atoms with E-state index in [9.17, 15) is 23.4 Å². The van der Waals surface area contributed by atoms with Gasteiger partial charge in [-0.2, -0.15) is 23.1 Å². The van der Waals surface area contributed by atoms with E-state index in [4.69, 9.17) is 4.74 Å². The molecule has 4 rings (SSSR count). The van der Waals surface area contributed by atoms with Crippen LogP contribution >= 0.6 is 11.3 Å². The molecule has 3 N–H and O–H groups in total. The minimum Gasteiger partial charge on any atom is -0.454 e. The molecular weight excluding hydrogens is 433 g/mol. The fourth-order valence-corrected chi connectivity index (χ4v) is 4.76. The van der Waals surface area contributed by atoms with E-state index in [2.05, 4.69) is 20.3 Å². The van der Waals surface area contributed by atoms with Crippen LogP contribution in [0.4, 0.5) is 19.0 Å². The molecule has 166 valence electrons. The molecule has 1 aromatic carbocycles. The Morgan fingerprint density at radius 1 is 1.19 bits per heavy atom. The Morgan fingerprint density at radius 2 is 1.97 bits per heavy atom. The van der Waals surface area contributed by atoms with E-state index >= 15 is 0 Å². The molecule has 0 bridgehead atoms. The first-order valence-corrected chi connectivity index (χ1v) is 10.5. The van der Waals surface area contributed by atoms with Gasteiger partial charge in [0.25, 0.3) is 0 Å². The number of aromatic nitrogens is 3. The number of benzene rings is 1. The van der Waals surface area contributed by atoms with E-state index in [1.165, 1.54) is 11.3 Å². The molecule has 0 radical (unpaired) electrons. The zero-order valence-corrected chi connectivity index (χ0v) is 17.4. The van der Waals surface area contributed by atoms with Gasteiger partial charge in [0.1, 0.15) is 10.8 Å². The number of hydrogen-bond donors (Lipinski definition) is 3. The largest absolute Gasteiger partial charge is 0.454 e. The number of aliphatic hydroxyl groups excluding tert-OH is 2. The van der Waals surface area contributed by atoms with Gasteiger partial charge in [-0.1, -0.05) is 12.1 Å². The van der Waals surface area contributed by atoms with Crippen molar-refractivity contribution in [2.75, 3.05) is 18.5 Å². The van der Waals surface area contributed by atoms with Crippen molar-refractivity contribution in [3.8, 4) is 16.6 Å². The van der Waals surface area contributed by atoms with E-state index in [1.54, 1.807) is 6.92 Å². The highest BCUT2D eigenvalue weighted by Crippen LogP contribution is 2.38. The normalized spacial score (nSPS) is 21.5. The number of anilines is 1. The van der Waals surface area contributed by atoms with Crippen LogP contribution in [0.5, 0.6) is 6.01 Å². The summed E-state index contributed by atoms with van der Waals surface area (Å²) >= 11 is 1.41. The highest BCUT2D eigenvalue weighted by Gasteiger charge is 2.34. The van der Waals surface area contributed by atoms with Gasteiger partial charge < -0.3 is 20.3 Å². The number of nitrogens with one attached hydrogen (secondary N) is 1. The first-order valence-electron chi connectivity index (χ1n) is 9.73. The second-order valence-corrected chi connectivity index (χ2v) is 8.57. The molecule has 0 amide bonds. The van der Waals surface area contributed by atoms with Crippen molar-refractivity contribution >= 4 is 27.4 Å². The van der Waals surface area contributed by atoms with Gasteiger partial charge in [-0.3, -0.25) is 0 Å². The molecule has 31 heavy (non-hydrogen) atoms. The lowest BCUT2D eigenvalue weighted by Gasteiger charge is -2.20. The third-order valence-electron chi connectivity index (χ3n) is 5.15. The molecule has 3 atom stereocenters. The second kappa shape index (κ2) is 8.56. The third-order valence-corrected chi connectivity index (χ3v) is 6.20. The molecule has 0 spiro atoms. The fraction of sp³-hybridized carbons (Fsp3) is 0.450. The summed E-state index contributed by atoms with van der Waals surface area (Å²) in [5.74, 6) is 0.175. The number of aliphatic hydroxyl groups is 2. The first-order chi connectivity index (χ1) is 14.7. The van der Waals surface area contributed by atoms with Gasteiger partial charge in [0.15, 0.2) is 6.61 Å². The summed E-state index contributed by atoms with van der Waals surface area (Å²) in [5, 5.41) is 23.5. The molecule has 1 saturated carbocycles. The zero-order valence-electron chi connectivity index (χ0n) is 16.6. The van der Waals surface area contributed by atoms with Crippen molar-refractivity contribution in [1.82, 2.24) is 15.0 Å². The molecule has 1 fully saturated rings. The molecule has 0 aliphatic heterocycles. The van der Waals surface area contributed by atoms with Gasteiger partial charge in [0, 0.05) is 6.61 Å². The van der Waals surface area contributed by atoms with Crippen molar-refractivity contribution in [3.05, 3.63) is 30.0 Å². The van der Waals surface area contributed by atoms with Crippen molar-refractivity contribution in [3.63, 3.8) is 0 Å². The summed E-state index contributed by atoms with van der Waals surface area (Å²) in [6.45, 7) is 0.0873. The van der Waals surface area contributed by atoms with E-state index < -0.39 is 30.9 Å². The molecular formula is C20H21F3N4O3S. The summed E-state index contributed by atoms with van der Waals surface area (Å²) in [7, 11) is 0. The van der Waals surface area contributed by atoms with Crippen LogP contribution in [0.15, 0.2) is 24.3 Å². The van der Waals surface area contributed by atoms with Crippen LogP contribution in [-0.2, 0) is 0 Å². The zero-order chi connectivity index (χ0) is 22.2. The molecule has 2 heterocycles. The molecule has 3 aromatic rings. The molecule has 2 aromatic heterocycles. The minimum atomic E-state index is -4.52. The lowest BCUT2D eigenvalue weighted by molar-refractivity contribution is -0.154. The van der Waals surface area contributed by atoms with Crippen LogP contribution in [0.1, 0.15) is 18.5 Å². The van der Waals surface area contributed by atoms with Crippen molar-refractivity contribution in [2.45, 2.75) is 38.1 Å². The molecule has 0 unspecified atom stereocenters. The Kier molecular flexibility index (Phi) is 6.00. The lowest BCUT2D eigenvalue weighted by atomic mass is 10.1. The van der Waals surface area contributed by atoms with Gasteiger partial charge in [-0.05, 0) is 37.8 Å². The number of rotatable bonds is 6. The molecule has 11 heteroatoms. The monoisotopic (exact) mass is 454 g/mol. The molecule has 1 aliphatic carbocycles. The average Bonchev–Trinajstić information content (AvgIpc) is 3.28. The Labute approximate surface area is 179 Å². The number of nitrogens with zero attached hydrogens (tertiary/aromatic N) is 3. The van der Waals surface area contributed by atoms with E-state index in [1.807, 2.05) is 24.3 Å². The van der Waals surface area contributed by atoms with Gasteiger partial charge in [-0.15, -0.1) is 11.3 Å². The van der Waals surface area contributed by atoms with Gasteiger partial charge >= 0.3 is 12.2 Å². The van der Waals surface area contributed by atoms with Gasteiger partial charge in [-0.25, -0.2) is 4.98 Å². The number of para-hydroxylation sites is 1. The van der Waals surface area contributed by atoms with E-state index in [0.29, 0.717) is 29.1 Å². The number of hydrogen-bond acceptors (Lipinski definition) is 8. The first kappa shape index (κ1) is 21.7. The maximum absolute atomic E-state index is 12.6. The lowest BCUT2D eigenvalue weighted by Crippen LogP contribution is -2.29. The smallest absolute Gasteiger partial charge is 0.422 e. The minimum absolute atomic E-state index is 0.0529. The number of aryl methyl sites for hydroxylation is 1. The molecule has 0 saturated heterocycles. The van der Waals surface area contributed by atoms with Crippen molar-refractivity contribution in [2.24, 2.45) is 5.92 Å². The van der Waals surface area contributed by atoms with Crippen LogP contribution in [0.2, 0.25) is 0 Å². The van der Waals surface area contributed by atoms with Crippen LogP contribution < -0.4 is 10.1 Å². The van der Waals surface area contributed by atoms with E-state index in [0.717, 1.165) is 10.2 Å². The van der Waals surface area contributed by atoms with Crippen LogP contribution in [0.25, 0.3) is 20.8 Å². The summed E-state index contributed by atoms with van der Waals surface area (Å²) in [5.41, 5.74) is 1.73. The predicted molar refractivity (Wildman–Crippen MR) is 110 cm³/mol. The molecule has 1 aliphatic rings. The number of alkyl halides is 3. The number of thiazole rings is 1. The number of fused-ring (bicyclic) bond motifs is 1. The van der Waals surface area contributed by atoms with Gasteiger partial charge in [0.05, 0.1) is 33.6 Å². The Bertz CT molecular complexity index is 1040. The van der Waals surface area contributed by atoms with Gasteiger partial charge in [0.2, 0.25) is 0 Å². The standard InChI is InChI=1S/C20H21F3N4O3S/c1-10-16(18-26-12-4-2-3-5-15(12)31-18)17(25-13-6-11(8-28)7-14(13)29)27-19(24-10)30-9-20(21,22)23/h2-5,11,13-14,28-29H,6-9H2,1H3,(H,24,25,27)/t11-,13+,14+/m0/s1. The van der Waals surface area contributed by atoms with Crippen LogP contribution in [0.3, 0.4) is 0 Å². The maximum atomic E-state index is 12.6. The fourth-order valence-electron chi connectivity index (χ4n) is 3.70. The average molecular weight is 454 g/mol. The van der Waals surface area contributed by atoms with Crippen LogP contribution in [0, 0.1) is 12.8 Å². The number of halogens is 3. The second-order valence-electron chi connectivity index (χ2n) is 7.54. The quantitative estimate of drug-likeness (QED) is 0.524. The topological polar surface area (TPSA) is 100 Å². The molecule has 7 nitrogen and oxygen atoms in total. The Balaban J connectivity index is 1.73. The summed E-state index contributed by atoms with van der Waals surface area (Å²) in [6.07, 6.45) is -4.33. The highest BCUT2D eigenvalue weighted by molar-refractivity contribution is 7.21. The van der Waals surface area contributed by atoms with Crippen LogP contribution in [-0.4, -0.2) is 56.7 Å². The summed E-state index contributed by atoms with van der Waals surface area (Å²) < 4.78 is 43.5. The highest BCUT2D eigenvalue weighted by atomic mass is 32.1.